The van der Waals surface area contributed by atoms with E-state index in [0.717, 1.165) is 41.2 Å². The van der Waals surface area contributed by atoms with Crippen molar-refractivity contribution in [2.75, 3.05) is 38.2 Å². The Morgan fingerprint density at radius 2 is 1.82 bits per heavy atom. The monoisotopic (exact) mass is 587 g/mol. The zero-order valence-electron chi connectivity index (χ0n) is 24.7. The number of benzene rings is 3. The third-order valence-corrected chi connectivity index (χ3v) is 7.58. The van der Waals surface area contributed by atoms with Crippen LogP contribution in [0.1, 0.15) is 34.1 Å². The maximum atomic E-state index is 13.6. The molecule has 2 aromatic heterocycles. The number of carbonyl (C=O) groups is 1. The van der Waals surface area contributed by atoms with Crippen molar-refractivity contribution in [3.05, 3.63) is 107 Å². The second kappa shape index (κ2) is 13.0. The first kappa shape index (κ1) is 28.9. The molecule has 3 aromatic carbocycles. The molecule has 0 radical (unpaired) electrons. The maximum Gasteiger partial charge on any atom is 0.340 e. The number of ether oxygens (including phenoxy) is 3. The largest absolute Gasteiger partial charge is 0.462 e. The zero-order valence-corrected chi connectivity index (χ0v) is 24.7. The van der Waals surface area contributed by atoms with Gasteiger partial charge in [-0.3, -0.25) is 4.90 Å². The molecular formula is C35H33N5O4. The number of morpholine rings is 1. The first-order valence-corrected chi connectivity index (χ1v) is 14.7. The third-order valence-electron chi connectivity index (χ3n) is 7.58. The number of esters is 1. The number of pyridine rings is 1. The number of nitrogens with zero attached hydrogens (tertiary/aromatic N) is 4. The van der Waals surface area contributed by atoms with Crippen LogP contribution in [0.25, 0.3) is 16.6 Å². The third kappa shape index (κ3) is 5.99. The summed E-state index contributed by atoms with van der Waals surface area (Å²) in [4.78, 5) is 20.3. The standard InChI is InChI=1S/C35H33N5O4/c1-3-43-35(41)33-28-21-27(44-34-29(22-36)30(15-16-37-34)38-25-7-5-4-6-8-25)13-14-31(28)40(26-11-9-24(2)10-12-26)32(33)23-39-17-19-42-20-18-39/h4-16,21H,3,17-20,23H2,1-2H3,(H,37,38). The molecule has 1 saturated heterocycles. The zero-order chi connectivity index (χ0) is 30.5. The highest BCUT2D eigenvalue weighted by molar-refractivity contribution is 6.07. The molecule has 1 aliphatic rings. The number of hydrogen-bond acceptors (Lipinski definition) is 8. The van der Waals surface area contributed by atoms with E-state index in [4.69, 9.17) is 14.2 Å². The van der Waals surface area contributed by atoms with Crippen LogP contribution in [0.3, 0.4) is 0 Å². The topological polar surface area (TPSA) is 102 Å². The van der Waals surface area contributed by atoms with E-state index >= 15 is 0 Å². The number of aromatic nitrogens is 2. The summed E-state index contributed by atoms with van der Waals surface area (Å²) < 4.78 is 19.6. The van der Waals surface area contributed by atoms with E-state index in [0.29, 0.717) is 42.1 Å². The summed E-state index contributed by atoms with van der Waals surface area (Å²) in [6, 6.07) is 27.4. The summed E-state index contributed by atoms with van der Waals surface area (Å²) in [5, 5.41) is 14.0. The normalized spacial score (nSPS) is 13.4. The summed E-state index contributed by atoms with van der Waals surface area (Å²) >= 11 is 0. The van der Waals surface area contributed by atoms with E-state index in [9.17, 15) is 10.1 Å². The molecule has 9 heteroatoms. The molecule has 0 bridgehead atoms. The fourth-order valence-electron chi connectivity index (χ4n) is 5.45. The quantitative estimate of drug-likeness (QED) is 0.189. The Labute approximate surface area is 256 Å². The second-order valence-corrected chi connectivity index (χ2v) is 10.5. The van der Waals surface area contributed by atoms with Gasteiger partial charge in [-0.2, -0.15) is 5.26 Å². The van der Waals surface area contributed by atoms with Gasteiger partial charge in [-0.05, 0) is 62.4 Å². The lowest BCUT2D eigenvalue weighted by Crippen LogP contribution is -2.36. The SMILES string of the molecule is CCOC(=O)c1c(CN2CCOCC2)n(-c2ccc(C)cc2)c2ccc(Oc3nccc(Nc4ccccc4)c3C#N)cc12. The van der Waals surface area contributed by atoms with Crippen molar-refractivity contribution in [2.45, 2.75) is 20.4 Å². The Morgan fingerprint density at radius 1 is 1.05 bits per heavy atom. The molecule has 0 atom stereocenters. The molecule has 0 amide bonds. The number of hydrogen-bond donors (Lipinski definition) is 1. The first-order valence-electron chi connectivity index (χ1n) is 14.7. The van der Waals surface area contributed by atoms with Crippen molar-refractivity contribution < 1.29 is 19.0 Å². The lowest BCUT2D eigenvalue weighted by atomic mass is 10.1. The van der Waals surface area contributed by atoms with Crippen molar-refractivity contribution in [3.63, 3.8) is 0 Å². The highest BCUT2D eigenvalue weighted by atomic mass is 16.5. The van der Waals surface area contributed by atoms with E-state index in [-0.39, 0.29) is 18.1 Å². The molecule has 5 aromatic rings. The van der Waals surface area contributed by atoms with Gasteiger partial charge >= 0.3 is 5.97 Å². The number of rotatable bonds is 9. The molecule has 1 fully saturated rings. The van der Waals surface area contributed by atoms with E-state index in [1.807, 2.05) is 55.5 Å². The highest BCUT2D eigenvalue weighted by Crippen LogP contribution is 2.36. The average molecular weight is 588 g/mol. The smallest absolute Gasteiger partial charge is 0.340 e. The molecule has 0 unspecified atom stereocenters. The van der Waals surface area contributed by atoms with E-state index in [1.54, 1.807) is 19.2 Å². The molecule has 0 spiro atoms. The molecule has 44 heavy (non-hydrogen) atoms. The van der Waals surface area contributed by atoms with Crippen LogP contribution in [0.4, 0.5) is 11.4 Å². The molecule has 1 aliphatic heterocycles. The maximum absolute atomic E-state index is 13.6. The molecule has 9 nitrogen and oxygen atoms in total. The van der Waals surface area contributed by atoms with Crippen molar-refractivity contribution in [3.8, 4) is 23.4 Å². The van der Waals surface area contributed by atoms with Gasteiger partial charge in [-0.25, -0.2) is 9.78 Å². The number of fused-ring (bicyclic) bond motifs is 1. The van der Waals surface area contributed by atoms with Gasteiger partial charge in [0.25, 0.3) is 0 Å². The number of para-hydroxylation sites is 1. The number of aryl methyl sites for hydroxylation is 1. The van der Waals surface area contributed by atoms with Gasteiger partial charge in [-0.1, -0.05) is 35.9 Å². The van der Waals surface area contributed by atoms with Crippen LogP contribution in [0.2, 0.25) is 0 Å². The van der Waals surface area contributed by atoms with Gasteiger partial charge < -0.3 is 24.1 Å². The fraction of sp³-hybridized carbons (Fsp3) is 0.229. The van der Waals surface area contributed by atoms with Crippen molar-refractivity contribution in [1.82, 2.24) is 14.5 Å². The predicted molar refractivity (Wildman–Crippen MR) is 169 cm³/mol. The number of anilines is 2. The summed E-state index contributed by atoms with van der Waals surface area (Å²) in [5.41, 5.74) is 5.96. The lowest BCUT2D eigenvalue weighted by Gasteiger charge is -2.27. The van der Waals surface area contributed by atoms with E-state index < -0.39 is 5.97 Å². The van der Waals surface area contributed by atoms with Gasteiger partial charge in [0.05, 0.1) is 42.3 Å². The summed E-state index contributed by atoms with van der Waals surface area (Å²) in [6.45, 7) is 7.47. The summed E-state index contributed by atoms with van der Waals surface area (Å²) in [6.07, 6.45) is 1.60. The van der Waals surface area contributed by atoms with Gasteiger partial charge in [0, 0.05) is 42.6 Å². The average Bonchev–Trinajstić information content (AvgIpc) is 3.35. The Balaban J connectivity index is 1.46. The minimum absolute atomic E-state index is 0.164. The molecule has 6 rings (SSSR count). The van der Waals surface area contributed by atoms with Crippen LogP contribution in [0.5, 0.6) is 11.6 Å². The van der Waals surface area contributed by atoms with Gasteiger partial charge in [0.2, 0.25) is 5.88 Å². The molecule has 3 heterocycles. The van der Waals surface area contributed by atoms with E-state index in [1.165, 1.54) is 0 Å². The second-order valence-electron chi connectivity index (χ2n) is 10.5. The molecule has 222 valence electrons. The number of carbonyl (C=O) groups excluding carboxylic acids is 1. The molecule has 0 aliphatic carbocycles. The van der Waals surface area contributed by atoms with Crippen LogP contribution in [-0.2, 0) is 16.0 Å². The Hall–Kier alpha value is -5.17. The van der Waals surface area contributed by atoms with Crippen LogP contribution in [0.15, 0.2) is 85.1 Å². The van der Waals surface area contributed by atoms with E-state index in [2.05, 4.69) is 50.1 Å². The van der Waals surface area contributed by atoms with Crippen LogP contribution < -0.4 is 10.1 Å². The first-order chi connectivity index (χ1) is 21.6. The summed E-state index contributed by atoms with van der Waals surface area (Å²) in [7, 11) is 0. The minimum atomic E-state index is -0.395. The van der Waals surface area contributed by atoms with Crippen molar-refractivity contribution in [1.29, 1.82) is 5.26 Å². The Kier molecular flexibility index (Phi) is 8.55. The molecule has 0 saturated carbocycles. The Bertz CT molecular complexity index is 1820. The highest BCUT2D eigenvalue weighted by Gasteiger charge is 2.27. The molecule has 1 N–H and O–H groups in total. The molecular weight excluding hydrogens is 554 g/mol. The fourth-order valence-corrected chi connectivity index (χ4v) is 5.45. The van der Waals surface area contributed by atoms with Gasteiger partial charge in [0.1, 0.15) is 17.4 Å². The summed E-state index contributed by atoms with van der Waals surface area (Å²) in [5.74, 6) is 0.216. The van der Waals surface area contributed by atoms with Gasteiger partial charge in [0.15, 0.2) is 0 Å². The van der Waals surface area contributed by atoms with Crippen LogP contribution in [-0.4, -0.2) is 53.3 Å². The predicted octanol–water partition coefficient (Wildman–Crippen LogP) is 6.75. The lowest BCUT2D eigenvalue weighted by molar-refractivity contribution is 0.0329. The van der Waals surface area contributed by atoms with Gasteiger partial charge in [-0.15, -0.1) is 0 Å². The minimum Gasteiger partial charge on any atom is -0.462 e. The Morgan fingerprint density at radius 3 is 2.55 bits per heavy atom. The number of nitrogens with one attached hydrogen (secondary N) is 1. The van der Waals surface area contributed by atoms with Crippen molar-refractivity contribution >= 4 is 28.2 Å². The van der Waals surface area contributed by atoms with Crippen LogP contribution >= 0.6 is 0 Å². The van der Waals surface area contributed by atoms with Crippen molar-refractivity contribution in [2.24, 2.45) is 0 Å². The van der Waals surface area contributed by atoms with Crippen LogP contribution in [0, 0.1) is 18.3 Å². The number of nitriles is 1.